The lowest BCUT2D eigenvalue weighted by molar-refractivity contribution is -0.388. The maximum absolute atomic E-state index is 11.6. The Balaban J connectivity index is 0.00000172. The molecule has 0 saturated heterocycles. The molecule has 11 heteroatoms. The van der Waals surface area contributed by atoms with E-state index >= 15 is 0 Å². The van der Waals surface area contributed by atoms with Gasteiger partial charge in [0.25, 0.3) is 0 Å². The molecule has 1 atom stereocenters. The number of ketones is 1. The molecule has 0 fully saturated rings. The Morgan fingerprint density at radius 3 is 2.33 bits per heavy atom. The number of carbonyl (C=O) groups excluding carboxylic acids is 1. The van der Waals surface area contributed by atoms with Crippen LogP contribution >= 0.6 is 21.6 Å². The van der Waals surface area contributed by atoms with E-state index in [0.717, 1.165) is 21.3 Å². The highest BCUT2D eigenvalue weighted by Gasteiger charge is 2.23. The minimum Gasteiger partial charge on any atom is -0.493 e. The van der Waals surface area contributed by atoms with E-state index in [1.54, 1.807) is 13.0 Å². The summed E-state index contributed by atoms with van der Waals surface area (Å²) in [7, 11) is 6.97. The summed E-state index contributed by atoms with van der Waals surface area (Å²) >= 11 is 0. The fourth-order valence-corrected chi connectivity index (χ4v) is 4.76. The molecule has 0 amide bonds. The Bertz CT molecular complexity index is 943. The van der Waals surface area contributed by atoms with Crippen LogP contribution in [0.5, 0.6) is 17.2 Å². The summed E-state index contributed by atoms with van der Waals surface area (Å²) in [5, 5.41) is 14.7. The highest BCUT2D eigenvalue weighted by Crippen LogP contribution is 2.49. The number of Topliss-reactive ketones (excluding diaryl/α,β-unsaturated/α-hetero) is 1. The molecule has 1 aromatic heterocycles. The number of rotatable bonds is 11. The van der Waals surface area contributed by atoms with Crippen molar-refractivity contribution in [2.75, 3.05) is 21.3 Å². The fourth-order valence-electron chi connectivity index (χ4n) is 2.50. The molecule has 2 aromatic rings. The molecule has 0 radical (unpaired) electrons. The molecule has 9 nitrogen and oxygen atoms in total. The number of ether oxygens (including phenoxy) is 3. The molecule has 0 saturated carbocycles. The summed E-state index contributed by atoms with van der Waals surface area (Å²) in [6.45, 7) is 7.85. The van der Waals surface area contributed by atoms with Crippen molar-refractivity contribution < 1.29 is 23.9 Å². The number of nitrogens with zero attached hydrogens (tertiary/aromatic N) is 2. The Morgan fingerprint density at radius 2 is 1.82 bits per heavy atom. The number of nitrogens with one attached hydrogen (secondary N) is 1. The monoisotopic (exact) mass is 497 g/mol. The summed E-state index contributed by atoms with van der Waals surface area (Å²) in [5.74, 6) is 1.34. The number of pyridine rings is 1. The molecule has 1 aromatic carbocycles. The smallest absolute Gasteiger partial charge is 0.302 e. The SMILES string of the molecule is CCC.COc1cc(SSc2ncccc2[N+](=O)[O-])c(CNC(C)C(C)=O)c(OC)c1OC. The summed E-state index contributed by atoms with van der Waals surface area (Å²) in [6.07, 6.45) is 2.75. The van der Waals surface area contributed by atoms with Crippen molar-refractivity contribution in [3.8, 4) is 17.2 Å². The first kappa shape index (κ1) is 28.5. The van der Waals surface area contributed by atoms with Crippen LogP contribution in [0.3, 0.4) is 0 Å². The van der Waals surface area contributed by atoms with Gasteiger partial charge in [0.1, 0.15) is 5.78 Å². The maximum Gasteiger partial charge on any atom is 0.302 e. The molecular weight excluding hydrogens is 466 g/mol. The van der Waals surface area contributed by atoms with Crippen LogP contribution in [0.2, 0.25) is 0 Å². The first-order valence-electron chi connectivity index (χ1n) is 10.2. The first-order chi connectivity index (χ1) is 15.7. The highest BCUT2D eigenvalue weighted by atomic mass is 33.1. The highest BCUT2D eigenvalue weighted by molar-refractivity contribution is 8.76. The number of nitro groups is 1. The maximum atomic E-state index is 11.6. The average molecular weight is 498 g/mol. The van der Waals surface area contributed by atoms with Gasteiger partial charge in [0.05, 0.1) is 32.3 Å². The molecule has 0 bridgehead atoms. The number of hydrogen-bond donors (Lipinski definition) is 1. The molecule has 0 aliphatic carbocycles. The van der Waals surface area contributed by atoms with Crippen LogP contribution in [0, 0.1) is 10.1 Å². The summed E-state index contributed by atoms with van der Waals surface area (Å²) in [5.41, 5.74) is 0.659. The second-order valence-corrected chi connectivity index (χ2v) is 8.95. The summed E-state index contributed by atoms with van der Waals surface area (Å²) in [4.78, 5) is 27.3. The molecule has 0 spiro atoms. The van der Waals surface area contributed by atoms with Crippen molar-refractivity contribution in [1.82, 2.24) is 10.3 Å². The Labute approximate surface area is 202 Å². The molecule has 2 rings (SSSR count). The second-order valence-electron chi connectivity index (χ2n) is 6.79. The van der Waals surface area contributed by atoms with Crippen molar-refractivity contribution in [3.05, 3.63) is 40.1 Å². The number of benzene rings is 1. The van der Waals surface area contributed by atoms with Crippen LogP contribution in [-0.4, -0.2) is 43.1 Å². The zero-order valence-electron chi connectivity index (χ0n) is 20.0. The van der Waals surface area contributed by atoms with Gasteiger partial charge in [-0.3, -0.25) is 14.9 Å². The van der Waals surface area contributed by atoms with Crippen LogP contribution < -0.4 is 19.5 Å². The van der Waals surface area contributed by atoms with Gasteiger partial charge in [-0.2, -0.15) is 0 Å². The topological polar surface area (TPSA) is 113 Å². The van der Waals surface area contributed by atoms with Gasteiger partial charge in [0.2, 0.25) is 5.75 Å². The van der Waals surface area contributed by atoms with E-state index in [9.17, 15) is 14.9 Å². The van der Waals surface area contributed by atoms with E-state index in [4.69, 9.17) is 14.2 Å². The van der Waals surface area contributed by atoms with Crippen LogP contribution in [0.1, 0.15) is 39.7 Å². The predicted octanol–water partition coefficient (Wildman–Crippen LogP) is 5.30. The van der Waals surface area contributed by atoms with Gasteiger partial charge in [-0.1, -0.05) is 31.1 Å². The Kier molecular flexibility index (Phi) is 12.6. The molecule has 0 aliphatic heterocycles. The van der Waals surface area contributed by atoms with Gasteiger partial charge < -0.3 is 19.5 Å². The van der Waals surface area contributed by atoms with E-state index < -0.39 is 4.92 Å². The van der Waals surface area contributed by atoms with E-state index in [-0.39, 0.29) is 22.5 Å². The molecule has 1 heterocycles. The second kappa shape index (κ2) is 14.6. The molecule has 1 unspecified atom stereocenters. The van der Waals surface area contributed by atoms with Crippen molar-refractivity contribution in [2.24, 2.45) is 0 Å². The van der Waals surface area contributed by atoms with E-state index in [1.807, 2.05) is 0 Å². The molecule has 33 heavy (non-hydrogen) atoms. The largest absolute Gasteiger partial charge is 0.493 e. The lowest BCUT2D eigenvalue weighted by Crippen LogP contribution is -2.32. The predicted molar refractivity (Wildman–Crippen MR) is 132 cm³/mol. The standard InChI is InChI=1S/C19H23N3O6S2.C3H8/c1-11(12(2)23)21-10-13-16(9-15(26-3)18(28-5)17(13)27-4)29-30-19-14(22(24)25)7-6-8-20-19;1-3-2/h6-9,11,21H,10H2,1-5H3;3H2,1-2H3. The minimum atomic E-state index is -0.470. The molecule has 1 N–H and O–H groups in total. The van der Waals surface area contributed by atoms with E-state index in [1.165, 1.54) is 63.8 Å². The van der Waals surface area contributed by atoms with Gasteiger partial charge in [0, 0.05) is 29.3 Å². The third-order valence-corrected chi connectivity index (χ3v) is 6.61. The van der Waals surface area contributed by atoms with Crippen molar-refractivity contribution in [3.63, 3.8) is 0 Å². The van der Waals surface area contributed by atoms with Gasteiger partial charge in [-0.15, -0.1) is 0 Å². The van der Waals surface area contributed by atoms with Gasteiger partial charge in [0.15, 0.2) is 16.5 Å². The fraction of sp³-hybridized carbons (Fsp3) is 0.455. The Hall–Kier alpha value is -2.50. The van der Waals surface area contributed by atoms with Crippen molar-refractivity contribution >= 4 is 33.1 Å². The van der Waals surface area contributed by atoms with Crippen LogP contribution in [0.4, 0.5) is 5.69 Å². The van der Waals surface area contributed by atoms with Gasteiger partial charge in [-0.25, -0.2) is 4.98 Å². The Morgan fingerprint density at radius 1 is 1.18 bits per heavy atom. The van der Waals surface area contributed by atoms with Crippen molar-refractivity contribution in [1.29, 1.82) is 0 Å². The van der Waals surface area contributed by atoms with Crippen LogP contribution in [0.25, 0.3) is 0 Å². The number of carbonyl (C=O) groups is 1. The molecule has 0 aliphatic rings. The van der Waals surface area contributed by atoms with Crippen molar-refractivity contribution in [2.45, 2.75) is 56.6 Å². The number of methoxy groups -OCH3 is 3. The van der Waals surface area contributed by atoms with E-state index in [2.05, 4.69) is 24.1 Å². The molecule has 182 valence electrons. The first-order valence-corrected chi connectivity index (χ1v) is 12.4. The number of aromatic nitrogens is 1. The quantitative estimate of drug-likeness (QED) is 0.249. The zero-order valence-corrected chi connectivity index (χ0v) is 21.6. The lowest BCUT2D eigenvalue weighted by atomic mass is 10.1. The minimum absolute atomic E-state index is 0.00197. The van der Waals surface area contributed by atoms with Gasteiger partial charge >= 0.3 is 5.69 Å². The third-order valence-electron chi connectivity index (χ3n) is 4.24. The molecular formula is C22H31N3O6S2. The average Bonchev–Trinajstić information content (AvgIpc) is 2.80. The summed E-state index contributed by atoms with van der Waals surface area (Å²) < 4.78 is 16.5. The third kappa shape index (κ3) is 8.09. The lowest BCUT2D eigenvalue weighted by Gasteiger charge is -2.20. The van der Waals surface area contributed by atoms with Crippen LogP contribution in [0.15, 0.2) is 34.3 Å². The normalized spacial score (nSPS) is 11.1. The van der Waals surface area contributed by atoms with E-state index in [0.29, 0.717) is 23.8 Å². The summed E-state index contributed by atoms with van der Waals surface area (Å²) in [6, 6.07) is 4.33. The zero-order chi connectivity index (χ0) is 25.0. The number of hydrogen-bond acceptors (Lipinski definition) is 10. The van der Waals surface area contributed by atoms with Crippen LogP contribution in [-0.2, 0) is 11.3 Å². The van der Waals surface area contributed by atoms with Gasteiger partial charge in [-0.05, 0) is 36.8 Å².